The van der Waals surface area contributed by atoms with Gasteiger partial charge < -0.3 is 19.9 Å². The Morgan fingerprint density at radius 2 is 1.80 bits per heavy atom. The monoisotopic (exact) mass is 840 g/mol. The largest absolute Gasteiger partial charge is 0.378 e. The second-order valence-corrected chi connectivity index (χ2v) is 17.7. The molecule has 3 aromatic rings. The molecule has 2 N–H and O–H groups in total. The first kappa shape index (κ1) is 41.4. The Labute approximate surface area is 331 Å². The van der Waals surface area contributed by atoms with Crippen LogP contribution in [0.5, 0.6) is 0 Å². The van der Waals surface area contributed by atoms with Gasteiger partial charge in [0.2, 0.25) is 12.2 Å². The highest BCUT2D eigenvalue weighted by molar-refractivity contribution is 9.10. The molecule has 0 aromatic heterocycles. The lowest BCUT2D eigenvalue weighted by Crippen LogP contribution is -2.56. The summed E-state index contributed by atoms with van der Waals surface area (Å²) in [6.45, 7) is 3.03. The zero-order valence-electron chi connectivity index (χ0n) is 31.0. The highest BCUT2D eigenvalue weighted by Gasteiger charge is 2.38. The van der Waals surface area contributed by atoms with E-state index in [0.29, 0.717) is 44.4 Å². The van der Waals surface area contributed by atoms with Gasteiger partial charge in [-0.25, -0.2) is 13.1 Å². The molecule has 1 saturated carbocycles. The van der Waals surface area contributed by atoms with E-state index in [4.69, 9.17) is 4.74 Å². The number of nitro benzene ring substituents is 1. The Hall–Kier alpha value is -3.72. The minimum atomic E-state index is -4.33. The molecule has 1 heterocycles. The number of halogens is 1. The fourth-order valence-corrected chi connectivity index (χ4v) is 9.58. The van der Waals surface area contributed by atoms with Gasteiger partial charge in [0.05, 0.1) is 15.4 Å². The van der Waals surface area contributed by atoms with Crippen molar-refractivity contribution in [2.24, 2.45) is 4.99 Å². The summed E-state index contributed by atoms with van der Waals surface area (Å²) in [4.78, 5) is 22.5. The summed E-state index contributed by atoms with van der Waals surface area (Å²) in [5, 5.41) is 25.1. The van der Waals surface area contributed by atoms with Crippen molar-refractivity contribution in [3.8, 4) is 6.19 Å². The standard InChI is InChI=1S/C38H49BrN8O5S2/c1-44(2)20-17-30(27-53-32-10-5-4-6-11-32)42-35-14-13-33(25-36(35)47(48)49)54(50,51)43-37(41-28-40)46-23-21-45(22-24-46)31-15-18-38(52-3,19-16-31)26-29-9-7-8-12-34(29)39/h4-14,25,30-31,42H,15-24,26-27H2,1-3H3,(H,41,43)/t30-,31?,38?/m1/s1. The molecule has 0 unspecified atom stereocenters. The van der Waals surface area contributed by atoms with Gasteiger partial charge in [-0.3, -0.25) is 15.0 Å². The number of anilines is 1. The van der Waals surface area contributed by atoms with Crippen molar-refractivity contribution in [1.82, 2.24) is 19.4 Å². The number of nitro groups is 1. The quantitative estimate of drug-likeness (QED) is 0.0450. The number of nitrogens with one attached hydrogen (secondary N) is 2. The van der Waals surface area contributed by atoms with Gasteiger partial charge >= 0.3 is 0 Å². The van der Waals surface area contributed by atoms with Crippen molar-refractivity contribution in [2.75, 3.05) is 65.0 Å². The summed E-state index contributed by atoms with van der Waals surface area (Å²) in [7, 11) is 1.41. The SMILES string of the molecule is COC1(Cc2ccccc2Br)CCC(N2CCN(/C(=N/C#N)NS(=O)(=O)c3ccc(N[C@H](CCN(C)C)CSc4ccccc4)c([N+](=O)[O-])c3)CC2)CC1. The van der Waals surface area contributed by atoms with Gasteiger partial charge in [0.15, 0.2) is 0 Å². The van der Waals surface area contributed by atoms with Gasteiger partial charge in [-0.1, -0.05) is 52.3 Å². The van der Waals surface area contributed by atoms with Crippen LogP contribution in [0.2, 0.25) is 0 Å². The third kappa shape index (κ3) is 11.2. The number of piperazine rings is 1. The van der Waals surface area contributed by atoms with Crippen molar-refractivity contribution in [3.63, 3.8) is 0 Å². The van der Waals surface area contributed by atoms with Gasteiger partial charge in [0, 0.05) is 73.0 Å². The number of nitrogens with zero attached hydrogens (tertiary/aromatic N) is 6. The summed E-state index contributed by atoms with van der Waals surface area (Å²) in [5.41, 5.74) is 0.896. The lowest BCUT2D eigenvalue weighted by atomic mass is 9.77. The predicted molar refractivity (Wildman–Crippen MR) is 217 cm³/mol. The molecule has 3 aromatic carbocycles. The summed E-state index contributed by atoms with van der Waals surface area (Å²) < 4.78 is 37.0. The molecule has 1 aliphatic carbocycles. The molecular formula is C38H49BrN8O5S2. The number of benzene rings is 3. The van der Waals surface area contributed by atoms with Crippen LogP contribution in [0.25, 0.3) is 0 Å². The molecule has 16 heteroatoms. The fraction of sp³-hybridized carbons (Fsp3) is 0.474. The minimum Gasteiger partial charge on any atom is -0.378 e. The zero-order chi connectivity index (χ0) is 38.7. The smallest absolute Gasteiger partial charge is 0.293 e. The van der Waals surface area contributed by atoms with E-state index in [9.17, 15) is 23.8 Å². The Kier molecular flexibility index (Phi) is 14.8. The van der Waals surface area contributed by atoms with Crippen molar-refractivity contribution >= 4 is 55.0 Å². The normalized spacial score (nSPS) is 20.3. The van der Waals surface area contributed by atoms with Crippen LogP contribution in [-0.2, 0) is 21.2 Å². The molecule has 0 bridgehead atoms. The molecule has 54 heavy (non-hydrogen) atoms. The molecule has 5 rings (SSSR count). The van der Waals surface area contributed by atoms with Crippen LogP contribution in [-0.4, -0.2) is 111 Å². The van der Waals surface area contributed by atoms with Crippen LogP contribution in [0, 0.1) is 21.6 Å². The van der Waals surface area contributed by atoms with Gasteiger partial charge in [-0.15, -0.1) is 16.8 Å². The molecule has 1 atom stereocenters. The molecule has 13 nitrogen and oxygen atoms in total. The van der Waals surface area contributed by atoms with Crippen molar-refractivity contribution in [1.29, 1.82) is 5.26 Å². The maximum Gasteiger partial charge on any atom is 0.293 e. The number of methoxy groups -OCH3 is 1. The molecule has 2 aliphatic rings. The minimum absolute atomic E-state index is 0.0980. The van der Waals surface area contributed by atoms with Crippen LogP contribution >= 0.6 is 27.7 Å². The predicted octanol–water partition coefficient (Wildman–Crippen LogP) is 6.19. The molecule has 0 spiro atoms. The van der Waals surface area contributed by atoms with Crippen LogP contribution < -0.4 is 10.0 Å². The number of aliphatic imine (C=N–C) groups is 1. The van der Waals surface area contributed by atoms with Gasteiger partial charge in [0.25, 0.3) is 15.7 Å². The molecule has 1 saturated heterocycles. The highest BCUT2D eigenvalue weighted by atomic mass is 79.9. The average molecular weight is 842 g/mol. The molecule has 0 amide bonds. The zero-order valence-corrected chi connectivity index (χ0v) is 34.2. The Bertz CT molecular complexity index is 1890. The van der Waals surface area contributed by atoms with E-state index < -0.39 is 14.9 Å². The first-order chi connectivity index (χ1) is 25.9. The lowest BCUT2D eigenvalue weighted by molar-refractivity contribution is -0.384. The summed E-state index contributed by atoms with van der Waals surface area (Å²) in [6.07, 6.45) is 7.10. The molecule has 1 aliphatic heterocycles. The lowest BCUT2D eigenvalue weighted by Gasteiger charge is -2.45. The van der Waals surface area contributed by atoms with Crippen LogP contribution in [0.15, 0.2) is 92.1 Å². The molecule has 0 radical (unpaired) electrons. The van der Waals surface area contributed by atoms with Crippen LogP contribution in [0.1, 0.15) is 37.7 Å². The van der Waals surface area contributed by atoms with Gasteiger partial charge in [-0.05, 0) is 88.6 Å². The molecular weight excluding hydrogens is 793 g/mol. The van der Waals surface area contributed by atoms with E-state index in [-0.39, 0.29) is 33.9 Å². The Balaban J connectivity index is 1.21. The third-order valence-corrected chi connectivity index (χ3v) is 13.5. The number of thioether (sulfide) groups is 1. The first-order valence-corrected chi connectivity index (χ1v) is 21.3. The van der Waals surface area contributed by atoms with E-state index in [1.807, 2.05) is 61.5 Å². The van der Waals surface area contributed by atoms with E-state index in [0.717, 1.165) is 54.1 Å². The highest BCUT2D eigenvalue weighted by Crippen LogP contribution is 2.38. The number of rotatable bonds is 15. The van der Waals surface area contributed by atoms with Crippen molar-refractivity contribution in [2.45, 2.75) is 66.0 Å². The number of ether oxygens (including phenoxy) is 1. The van der Waals surface area contributed by atoms with E-state index in [2.05, 4.69) is 48.0 Å². The fourth-order valence-electron chi connectivity index (χ4n) is 7.12. The van der Waals surface area contributed by atoms with E-state index >= 15 is 0 Å². The van der Waals surface area contributed by atoms with Crippen molar-refractivity contribution < 1.29 is 18.1 Å². The van der Waals surface area contributed by atoms with Crippen LogP contribution in [0.3, 0.4) is 0 Å². The van der Waals surface area contributed by atoms with E-state index in [1.165, 1.54) is 17.7 Å². The Morgan fingerprint density at radius 1 is 1.11 bits per heavy atom. The summed E-state index contributed by atoms with van der Waals surface area (Å²) >= 11 is 5.32. The first-order valence-electron chi connectivity index (χ1n) is 18.1. The van der Waals surface area contributed by atoms with E-state index in [1.54, 1.807) is 30.0 Å². The summed E-state index contributed by atoms with van der Waals surface area (Å²) in [6, 6.07) is 22.2. The Morgan fingerprint density at radius 3 is 2.43 bits per heavy atom. The topological polar surface area (TPSA) is 156 Å². The molecule has 2 fully saturated rings. The number of sulfonamides is 1. The van der Waals surface area contributed by atoms with Gasteiger partial charge in [0.1, 0.15) is 5.69 Å². The van der Waals surface area contributed by atoms with Crippen LogP contribution in [0.4, 0.5) is 11.4 Å². The molecule has 290 valence electrons. The number of hydrogen-bond donors (Lipinski definition) is 2. The maximum atomic E-state index is 13.7. The third-order valence-electron chi connectivity index (χ3n) is 10.2. The average Bonchev–Trinajstić information content (AvgIpc) is 3.17. The number of guanidine groups is 1. The maximum absolute atomic E-state index is 13.7. The number of hydrogen-bond acceptors (Lipinski definition) is 11. The van der Waals surface area contributed by atoms with Gasteiger partial charge in [-0.2, -0.15) is 5.26 Å². The second kappa shape index (κ2) is 19.2. The second-order valence-electron chi connectivity index (χ2n) is 14.0. The van der Waals surface area contributed by atoms with Crippen molar-refractivity contribution in [3.05, 3.63) is 92.9 Å². The summed E-state index contributed by atoms with van der Waals surface area (Å²) in [5.74, 6) is 0.554. The number of nitriles is 1.